The minimum absolute atomic E-state index is 0.627. The van der Waals surface area contributed by atoms with E-state index in [-0.39, 0.29) is 0 Å². The molecular weight excluding hydrogens is 416 g/mol. The molecule has 0 radical (unpaired) electrons. The van der Waals surface area contributed by atoms with Gasteiger partial charge in [-0.05, 0) is 37.4 Å². The van der Waals surface area contributed by atoms with E-state index in [1.807, 2.05) is 18.2 Å². The van der Waals surface area contributed by atoms with Crippen molar-refractivity contribution in [3.63, 3.8) is 0 Å². The topological polar surface area (TPSA) is 109 Å². The van der Waals surface area contributed by atoms with Gasteiger partial charge in [-0.2, -0.15) is 0 Å². The van der Waals surface area contributed by atoms with E-state index in [0.717, 1.165) is 31.7 Å². The molecule has 0 aliphatic carbocycles. The molecule has 0 aliphatic heterocycles. The van der Waals surface area contributed by atoms with E-state index in [1.54, 1.807) is 21.3 Å². The van der Waals surface area contributed by atoms with E-state index in [4.69, 9.17) is 34.0 Å². The first-order chi connectivity index (χ1) is 15.2. The van der Waals surface area contributed by atoms with Gasteiger partial charge in [0.25, 0.3) is 0 Å². The minimum atomic E-state index is -1.82. The number of rotatable bonds is 10. The Morgan fingerprint density at radius 2 is 1.28 bits per heavy atom. The highest BCUT2D eigenvalue weighted by atomic mass is 16.5. The number of methoxy groups -OCH3 is 3. The van der Waals surface area contributed by atoms with Gasteiger partial charge in [-0.15, -0.1) is 0 Å². The second-order valence-electron chi connectivity index (χ2n) is 7.14. The molecule has 0 fully saturated rings. The molecule has 9 heteroatoms. The van der Waals surface area contributed by atoms with E-state index >= 15 is 0 Å². The Hall–Kier alpha value is -3.30. The third kappa shape index (κ3) is 9.23. The number of benzene rings is 2. The third-order valence-electron chi connectivity index (χ3n) is 4.43. The van der Waals surface area contributed by atoms with E-state index < -0.39 is 11.9 Å². The summed E-state index contributed by atoms with van der Waals surface area (Å²) in [6.07, 6.45) is 0. The number of nitrogens with zero attached hydrogens (tertiary/aromatic N) is 2. The molecule has 0 aliphatic rings. The minimum Gasteiger partial charge on any atom is -0.493 e. The van der Waals surface area contributed by atoms with E-state index in [1.165, 1.54) is 5.56 Å². The molecule has 2 aromatic carbocycles. The summed E-state index contributed by atoms with van der Waals surface area (Å²) in [6, 6.07) is 14.6. The second kappa shape index (κ2) is 13.9. The van der Waals surface area contributed by atoms with Gasteiger partial charge < -0.3 is 29.3 Å². The summed E-state index contributed by atoms with van der Waals surface area (Å²) in [6.45, 7) is 3.67. The van der Waals surface area contributed by atoms with Crippen LogP contribution in [0.4, 0.5) is 0 Å². The molecule has 0 saturated heterocycles. The maximum absolute atomic E-state index is 9.10. The molecule has 9 nitrogen and oxygen atoms in total. The number of likely N-dealkylation sites (N-methyl/N-ethyl adjacent to an activating group) is 1. The maximum atomic E-state index is 9.10. The summed E-state index contributed by atoms with van der Waals surface area (Å²) >= 11 is 0. The summed E-state index contributed by atoms with van der Waals surface area (Å²) < 4.78 is 16.4. The first kappa shape index (κ1) is 26.7. The third-order valence-corrected chi connectivity index (χ3v) is 4.43. The Labute approximate surface area is 188 Å². The van der Waals surface area contributed by atoms with Gasteiger partial charge in [0.15, 0.2) is 11.5 Å². The van der Waals surface area contributed by atoms with Crippen molar-refractivity contribution in [1.29, 1.82) is 0 Å². The molecule has 0 unspecified atom stereocenters. The lowest BCUT2D eigenvalue weighted by molar-refractivity contribution is -0.159. The summed E-state index contributed by atoms with van der Waals surface area (Å²) in [4.78, 5) is 22.8. The van der Waals surface area contributed by atoms with Crippen LogP contribution < -0.4 is 14.2 Å². The number of aliphatic carboxylic acids is 2. The Balaban J connectivity index is 0.000000751. The largest absolute Gasteiger partial charge is 0.493 e. The van der Waals surface area contributed by atoms with Crippen LogP contribution in [0.15, 0.2) is 42.5 Å². The van der Waals surface area contributed by atoms with Crippen LogP contribution >= 0.6 is 0 Å². The van der Waals surface area contributed by atoms with Crippen molar-refractivity contribution >= 4 is 11.9 Å². The molecular formula is C23H32N2O7. The van der Waals surface area contributed by atoms with Crippen molar-refractivity contribution in [2.24, 2.45) is 0 Å². The monoisotopic (exact) mass is 448 g/mol. The lowest BCUT2D eigenvalue weighted by Crippen LogP contribution is -2.31. The van der Waals surface area contributed by atoms with Gasteiger partial charge in [-0.25, -0.2) is 9.59 Å². The number of carbonyl (C=O) groups is 2. The molecule has 2 aromatic rings. The predicted molar refractivity (Wildman–Crippen MR) is 120 cm³/mol. The maximum Gasteiger partial charge on any atom is 0.414 e. The van der Waals surface area contributed by atoms with Crippen molar-refractivity contribution in [2.45, 2.75) is 13.1 Å². The quantitative estimate of drug-likeness (QED) is 0.530. The van der Waals surface area contributed by atoms with Gasteiger partial charge in [0.1, 0.15) is 0 Å². The zero-order valence-electron chi connectivity index (χ0n) is 19.2. The van der Waals surface area contributed by atoms with Gasteiger partial charge in [0, 0.05) is 26.2 Å². The smallest absolute Gasteiger partial charge is 0.414 e. The fraction of sp³-hybridized carbons (Fsp3) is 0.391. The van der Waals surface area contributed by atoms with Crippen LogP contribution in [-0.4, -0.2) is 80.5 Å². The van der Waals surface area contributed by atoms with Gasteiger partial charge in [0.2, 0.25) is 5.75 Å². The van der Waals surface area contributed by atoms with Crippen LogP contribution in [-0.2, 0) is 22.7 Å². The second-order valence-corrected chi connectivity index (χ2v) is 7.14. The number of carboxylic acid groups (broad SMARTS) is 2. The fourth-order valence-corrected chi connectivity index (χ4v) is 2.88. The van der Waals surface area contributed by atoms with Crippen LogP contribution in [0, 0.1) is 0 Å². The number of hydrogen-bond acceptors (Lipinski definition) is 7. The zero-order chi connectivity index (χ0) is 24.1. The molecule has 0 bridgehead atoms. The van der Waals surface area contributed by atoms with Gasteiger partial charge in [-0.3, -0.25) is 4.90 Å². The average Bonchev–Trinajstić information content (AvgIpc) is 2.77. The Kier molecular flexibility index (Phi) is 11.6. The molecule has 0 heterocycles. The molecule has 0 spiro atoms. The highest BCUT2D eigenvalue weighted by Gasteiger charge is 2.15. The Morgan fingerprint density at radius 3 is 1.69 bits per heavy atom. The van der Waals surface area contributed by atoms with Crippen LogP contribution in [0.25, 0.3) is 0 Å². The molecule has 0 amide bonds. The van der Waals surface area contributed by atoms with Crippen LogP contribution in [0.1, 0.15) is 11.1 Å². The highest BCUT2D eigenvalue weighted by Crippen LogP contribution is 2.38. The summed E-state index contributed by atoms with van der Waals surface area (Å²) in [5.41, 5.74) is 2.44. The first-order valence-corrected chi connectivity index (χ1v) is 9.87. The van der Waals surface area contributed by atoms with Crippen molar-refractivity contribution in [3.05, 3.63) is 53.6 Å². The predicted octanol–water partition coefficient (Wildman–Crippen LogP) is 2.43. The van der Waals surface area contributed by atoms with Crippen molar-refractivity contribution in [3.8, 4) is 17.2 Å². The average molecular weight is 449 g/mol. The molecule has 0 saturated carbocycles. The molecule has 32 heavy (non-hydrogen) atoms. The summed E-state index contributed by atoms with van der Waals surface area (Å²) in [5, 5.41) is 14.8. The fourth-order valence-electron chi connectivity index (χ4n) is 2.88. The normalized spacial score (nSPS) is 10.3. The molecule has 2 N–H and O–H groups in total. The van der Waals surface area contributed by atoms with Gasteiger partial charge >= 0.3 is 11.9 Å². The van der Waals surface area contributed by atoms with Crippen LogP contribution in [0.5, 0.6) is 17.2 Å². The number of ether oxygens (including phenoxy) is 3. The number of carboxylic acids is 2. The lowest BCUT2D eigenvalue weighted by Gasteiger charge is -2.25. The Bertz CT molecular complexity index is 820. The summed E-state index contributed by atoms with van der Waals surface area (Å²) in [7, 11) is 9.11. The van der Waals surface area contributed by atoms with Gasteiger partial charge in [-0.1, -0.05) is 30.3 Å². The van der Waals surface area contributed by atoms with E-state index in [9.17, 15) is 0 Å². The van der Waals surface area contributed by atoms with Crippen molar-refractivity contribution in [2.75, 3.05) is 48.5 Å². The summed E-state index contributed by atoms with van der Waals surface area (Å²) in [5.74, 6) is -1.64. The van der Waals surface area contributed by atoms with E-state index in [0.29, 0.717) is 17.2 Å². The SMILES string of the molecule is COc1cc(CN(CCN(C)C)Cc2ccccc2)cc(OC)c1OC.O=C(O)C(=O)O. The first-order valence-electron chi connectivity index (χ1n) is 9.87. The molecule has 2 rings (SSSR count). The van der Waals surface area contributed by atoms with Crippen molar-refractivity contribution in [1.82, 2.24) is 9.80 Å². The zero-order valence-corrected chi connectivity index (χ0v) is 19.2. The Morgan fingerprint density at radius 1 is 0.781 bits per heavy atom. The molecule has 0 atom stereocenters. The van der Waals surface area contributed by atoms with Crippen molar-refractivity contribution < 1.29 is 34.0 Å². The van der Waals surface area contributed by atoms with Gasteiger partial charge in [0.05, 0.1) is 21.3 Å². The molecule has 176 valence electrons. The molecule has 0 aromatic heterocycles. The lowest BCUT2D eigenvalue weighted by atomic mass is 10.1. The van der Waals surface area contributed by atoms with Crippen LogP contribution in [0.3, 0.4) is 0 Å². The van der Waals surface area contributed by atoms with Crippen LogP contribution in [0.2, 0.25) is 0 Å². The van der Waals surface area contributed by atoms with E-state index in [2.05, 4.69) is 48.2 Å². The number of hydrogen-bond donors (Lipinski definition) is 2. The standard InChI is InChI=1S/C21H30N2O3.C2H2O4/c1-22(2)11-12-23(15-17-9-7-6-8-10-17)16-18-13-19(24-3)21(26-5)20(14-18)25-4;3-1(4)2(5)6/h6-10,13-14H,11-12,15-16H2,1-5H3;(H,3,4)(H,5,6). The highest BCUT2D eigenvalue weighted by molar-refractivity contribution is 6.27.